The number of nitrogens with zero attached hydrogens (tertiary/aromatic N) is 2. The first-order chi connectivity index (χ1) is 9.38. The van der Waals surface area contributed by atoms with E-state index in [1.165, 1.54) is 19.3 Å². The van der Waals surface area contributed by atoms with Gasteiger partial charge in [-0.15, -0.1) is 0 Å². The molecule has 1 saturated heterocycles. The Morgan fingerprint density at radius 3 is 2.55 bits per heavy atom. The fraction of sp³-hybridized carbons (Fsp3) is 0.706. The van der Waals surface area contributed by atoms with Crippen molar-refractivity contribution in [2.75, 3.05) is 18.0 Å². The Morgan fingerprint density at radius 1 is 1.25 bits per heavy atom. The lowest BCUT2D eigenvalue weighted by Gasteiger charge is -2.30. The standard InChI is InChI=1S/C17H28N2O/c1-13(20)14-7-8-16(18-12-14)19-10-5-6-15(9-11-19)17(2,3)4/h7-8,12-13,15,20H,5-6,9-11H2,1-4H3/t13-,15?/m0/s1. The van der Waals surface area contributed by atoms with Crippen LogP contribution in [0.5, 0.6) is 0 Å². The van der Waals surface area contributed by atoms with Crippen LogP contribution in [-0.4, -0.2) is 23.2 Å². The SMILES string of the molecule is C[C@H](O)c1ccc(N2CCCC(C(C)(C)C)CC2)nc1. The summed E-state index contributed by atoms with van der Waals surface area (Å²) in [4.78, 5) is 6.90. The van der Waals surface area contributed by atoms with Crippen LogP contribution in [0.25, 0.3) is 0 Å². The number of hydrogen-bond donors (Lipinski definition) is 1. The lowest BCUT2D eigenvalue weighted by molar-refractivity contribution is 0.199. The van der Waals surface area contributed by atoms with E-state index in [0.717, 1.165) is 30.4 Å². The third-order valence-electron chi connectivity index (χ3n) is 4.53. The smallest absolute Gasteiger partial charge is 0.128 e. The van der Waals surface area contributed by atoms with Gasteiger partial charge in [0, 0.05) is 19.3 Å². The van der Waals surface area contributed by atoms with Gasteiger partial charge < -0.3 is 10.0 Å². The minimum Gasteiger partial charge on any atom is -0.389 e. The summed E-state index contributed by atoms with van der Waals surface area (Å²) in [7, 11) is 0. The molecule has 1 fully saturated rings. The highest BCUT2D eigenvalue weighted by atomic mass is 16.3. The highest BCUT2D eigenvalue weighted by Gasteiger charge is 2.27. The zero-order valence-electron chi connectivity index (χ0n) is 13.3. The highest BCUT2D eigenvalue weighted by molar-refractivity contribution is 5.39. The molecule has 1 N–H and O–H groups in total. The summed E-state index contributed by atoms with van der Waals surface area (Å²) in [5.41, 5.74) is 1.29. The molecule has 20 heavy (non-hydrogen) atoms. The van der Waals surface area contributed by atoms with Crippen molar-refractivity contribution in [2.45, 2.75) is 53.1 Å². The van der Waals surface area contributed by atoms with E-state index in [2.05, 4.69) is 30.7 Å². The minimum atomic E-state index is -0.439. The normalized spacial score (nSPS) is 22.4. The van der Waals surface area contributed by atoms with Gasteiger partial charge in [-0.3, -0.25) is 0 Å². The van der Waals surface area contributed by atoms with Gasteiger partial charge in [-0.2, -0.15) is 0 Å². The molecule has 0 bridgehead atoms. The largest absolute Gasteiger partial charge is 0.389 e. The highest BCUT2D eigenvalue weighted by Crippen LogP contribution is 2.35. The van der Waals surface area contributed by atoms with Crippen molar-refractivity contribution in [3.63, 3.8) is 0 Å². The van der Waals surface area contributed by atoms with Crippen LogP contribution in [0.2, 0.25) is 0 Å². The Kier molecular flexibility index (Phi) is 4.69. The zero-order valence-corrected chi connectivity index (χ0v) is 13.3. The predicted molar refractivity (Wildman–Crippen MR) is 83.9 cm³/mol. The second-order valence-corrected chi connectivity index (χ2v) is 7.11. The van der Waals surface area contributed by atoms with Gasteiger partial charge in [0.05, 0.1) is 6.10 Å². The molecule has 0 saturated carbocycles. The van der Waals surface area contributed by atoms with E-state index in [1.807, 2.05) is 12.1 Å². The molecule has 2 atom stereocenters. The Balaban J connectivity index is 2.03. The molecule has 1 aliphatic rings. The van der Waals surface area contributed by atoms with Gasteiger partial charge in [-0.05, 0) is 49.1 Å². The van der Waals surface area contributed by atoms with Gasteiger partial charge in [0.25, 0.3) is 0 Å². The first kappa shape index (κ1) is 15.3. The summed E-state index contributed by atoms with van der Waals surface area (Å²) in [6, 6.07) is 4.03. The molecule has 1 unspecified atom stereocenters. The van der Waals surface area contributed by atoms with Crippen LogP contribution < -0.4 is 4.90 Å². The lowest BCUT2D eigenvalue weighted by Crippen LogP contribution is -2.26. The number of pyridine rings is 1. The molecule has 3 nitrogen and oxygen atoms in total. The lowest BCUT2D eigenvalue weighted by atomic mass is 9.77. The van der Waals surface area contributed by atoms with Crippen LogP contribution in [-0.2, 0) is 0 Å². The number of anilines is 1. The average Bonchev–Trinajstić information content (AvgIpc) is 2.64. The summed E-state index contributed by atoms with van der Waals surface area (Å²) < 4.78 is 0. The molecule has 2 heterocycles. The summed E-state index contributed by atoms with van der Waals surface area (Å²) in [6.07, 6.45) is 5.15. The van der Waals surface area contributed by atoms with E-state index in [9.17, 15) is 5.11 Å². The van der Waals surface area contributed by atoms with Crippen LogP contribution in [0.15, 0.2) is 18.3 Å². The number of rotatable bonds is 2. The molecular formula is C17H28N2O. The number of aliphatic hydroxyl groups excluding tert-OH is 1. The maximum absolute atomic E-state index is 9.54. The summed E-state index contributed by atoms with van der Waals surface area (Å²) in [6.45, 7) is 11.0. The molecule has 0 spiro atoms. The molecule has 112 valence electrons. The quantitative estimate of drug-likeness (QED) is 0.893. The number of hydrogen-bond acceptors (Lipinski definition) is 3. The van der Waals surface area contributed by atoms with Gasteiger partial charge in [0.15, 0.2) is 0 Å². The van der Waals surface area contributed by atoms with E-state index in [1.54, 1.807) is 13.1 Å². The number of aromatic nitrogens is 1. The van der Waals surface area contributed by atoms with Crippen LogP contribution in [0.3, 0.4) is 0 Å². The van der Waals surface area contributed by atoms with Crippen molar-refractivity contribution >= 4 is 5.82 Å². The van der Waals surface area contributed by atoms with Crippen LogP contribution >= 0.6 is 0 Å². The molecule has 1 aromatic rings. The first-order valence-electron chi connectivity index (χ1n) is 7.77. The third-order valence-corrected chi connectivity index (χ3v) is 4.53. The Labute approximate surface area is 123 Å². The van der Waals surface area contributed by atoms with Crippen molar-refractivity contribution in [1.82, 2.24) is 4.98 Å². The van der Waals surface area contributed by atoms with Gasteiger partial charge in [0.2, 0.25) is 0 Å². The van der Waals surface area contributed by atoms with Gasteiger partial charge >= 0.3 is 0 Å². The Hall–Kier alpha value is -1.09. The van der Waals surface area contributed by atoms with Crippen molar-refractivity contribution in [3.8, 4) is 0 Å². The van der Waals surface area contributed by atoms with Crippen LogP contribution in [0, 0.1) is 11.3 Å². The second kappa shape index (κ2) is 6.13. The summed E-state index contributed by atoms with van der Waals surface area (Å²) >= 11 is 0. The topological polar surface area (TPSA) is 36.4 Å². The van der Waals surface area contributed by atoms with Gasteiger partial charge in [-0.25, -0.2) is 4.98 Å². The molecule has 0 aromatic carbocycles. The van der Waals surface area contributed by atoms with Crippen LogP contribution in [0.1, 0.15) is 58.6 Å². The fourth-order valence-electron chi connectivity index (χ4n) is 3.02. The molecule has 3 heteroatoms. The molecule has 0 radical (unpaired) electrons. The van der Waals surface area contributed by atoms with E-state index >= 15 is 0 Å². The molecule has 0 amide bonds. The van der Waals surface area contributed by atoms with Crippen molar-refractivity contribution in [1.29, 1.82) is 0 Å². The van der Waals surface area contributed by atoms with Gasteiger partial charge in [-0.1, -0.05) is 26.8 Å². The molecule has 1 aliphatic heterocycles. The van der Waals surface area contributed by atoms with Gasteiger partial charge in [0.1, 0.15) is 5.82 Å². The van der Waals surface area contributed by atoms with Crippen molar-refractivity contribution < 1.29 is 5.11 Å². The Morgan fingerprint density at radius 2 is 2.00 bits per heavy atom. The van der Waals surface area contributed by atoms with E-state index < -0.39 is 6.10 Å². The van der Waals surface area contributed by atoms with Crippen molar-refractivity contribution in [3.05, 3.63) is 23.9 Å². The van der Waals surface area contributed by atoms with E-state index in [-0.39, 0.29) is 0 Å². The predicted octanol–water partition coefficient (Wildman–Crippen LogP) is 3.79. The Bertz CT molecular complexity index is 420. The van der Waals surface area contributed by atoms with E-state index in [0.29, 0.717) is 5.41 Å². The monoisotopic (exact) mass is 276 g/mol. The number of aliphatic hydroxyl groups is 1. The zero-order chi connectivity index (χ0) is 14.8. The third kappa shape index (κ3) is 3.72. The van der Waals surface area contributed by atoms with Crippen molar-refractivity contribution in [2.24, 2.45) is 11.3 Å². The second-order valence-electron chi connectivity index (χ2n) is 7.11. The molecule has 0 aliphatic carbocycles. The fourth-order valence-corrected chi connectivity index (χ4v) is 3.02. The van der Waals surface area contributed by atoms with Crippen LogP contribution in [0.4, 0.5) is 5.82 Å². The summed E-state index contributed by atoms with van der Waals surface area (Å²) in [5, 5.41) is 9.54. The first-order valence-corrected chi connectivity index (χ1v) is 7.77. The molecule has 1 aromatic heterocycles. The maximum atomic E-state index is 9.54. The van der Waals surface area contributed by atoms with E-state index in [4.69, 9.17) is 0 Å². The maximum Gasteiger partial charge on any atom is 0.128 e. The summed E-state index contributed by atoms with van der Waals surface area (Å²) in [5.74, 6) is 1.84. The average molecular weight is 276 g/mol. The minimum absolute atomic E-state index is 0.402. The molecule has 2 rings (SSSR count). The molecular weight excluding hydrogens is 248 g/mol.